The van der Waals surface area contributed by atoms with Crippen molar-refractivity contribution in [3.63, 3.8) is 0 Å². The molecule has 12 aromatic heterocycles. The quantitative estimate of drug-likeness (QED) is 0.101. The predicted octanol–water partition coefficient (Wildman–Crippen LogP) is 35.8. The third kappa shape index (κ3) is 28.4. The molecule has 775 valence electrons. The molecule has 4 aliphatic carbocycles. The van der Waals surface area contributed by atoms with Gasteiger partial charge in [0.15, 0.2) is 0 Å². The summed E-state index contributed by atoms with van der Waals surface area (Å²) in [6, 6.07) is 71.5. The molecule has 0 atom stereocenters. The van der Waals surface area contributed by atoms with Crippen molar-refractivity contribution in [2.24, 2.45) is 37.9 Å². The maximum Gasteiger partial charge on any atom is 0.216 e. The van der Waals surface area contributed by atoms with Gasteiger partial charge in [0.25, 0.3) is 0 Å². The molecular formula is C133H147Ir3N9O3-6. The molecule has 4 saturated carbocycles. The minimum atomic E-state index is -2.51. The van der Waals surface area contributed by atoms with Gasteiger partial charge in [-0.2, -0.15) is 0 Å². The minimum absolute atomic E-state index is 0. The molecule has 1 spiro atoms. The van der Waals surface area contributed by atoms with E-state index >= 15 is 0 Å². The third-order valence-corrected chi connectivity index (χ3v) is 27.0. The Morgan fingerprint density at radius 2 is 0.716 bits per heavy atom. The van der Waals surface area contributed by atoms with E-state index < -0.39 is 94.6 Å². The van der Waals surface area contributed by atoms with Crippen molar-refractivity contribution >= 4 is 66.2 Å². The number of aromatic nitrogens is 9. The number of furan rings is 3. The van der Waals surface area contributed by atoms with Crippen LogP contribution >= 0.6 is 0 Å². The van der Waals surface area contributed by atoms with Crippen LogP contribution in [0.4, 0.5) is 0 Å². The van der Waals surface area contributed by atoms with Crippen LogP contribution in [0.25, 0.3) is 134 Å². The zero-order chi connectivity index (χ0) is 127. The molecule has 0 saturated heterocycles. The monoisotopic (exact) mass is 2530 g/mol. The summed E-state index contributed by atoms with van der Waals surface area (Å²) in [6.45, 7) is 18.2. The molecule has 0 unspecified atom stereocenters. The van der Waals surface area contributed by atoms with Crippen LogP contribution in [0.5, 0.6) is 0 Å². The summed E-state index contributed by atoms with van der Waals surface area (Å²) in [5, 5.41) is 6.00. The van der Waals surface area contributed by atoms with Crippen LogP contribution in [0.2, 0.25) is 0 Å². The SMILES string of the molecule is [2H]C([2H])([2H])c1c[c-]c(-c2cc(C([2H])([2H])C(C)(C)C)c(C([2H])([2H])[2H])cn2)cc1.[2H]C([2H])([2H])c1c[c-]c(-c2cc(C([2H])([2H])C(C)(C)C)c(C([2H])([2H])[2H])cn2)cc1.[2H]C([2H])([2H])c1c[c-]c(-c2cc(C([2H])([2H])C(C)(C)C)c(C([2H])([2H])[2H])cn2)cc1.[2H]C([2H])(c1ccnc(-c2[c-]ccc3c2oc2nc(C)ccc23)c1)C1(C)CCCC1.[2H]C1(c2ccnc(-c3[c-]ccc4c3oc3nc(C)ccc34)c2)CC(C)(C)CC(C)(C)C1.[2H]C1(c2ccnc(-c3[c-]ccc4c3oc3nc(C)ccc34)c2)CCC2(CCCCC2)CC1.[Ir].[Ir].[Ir]. The number of pyridine rings is 9. The smallest absolute Gasteiger partial charge is 0.216 e. The number of fused-ring (bicyclic) bond motifs is 9. The second-order valence-electron chi connectivity index (χ2n) is 44.3. The molecule has 4 fully saturated rings. The second kappa shape index (κ2) is 47.7. The Hall–Kier alpha value is -11.0. The van der Waals surface area contributed by atoms with Crippen molar-refractivity contribution in [1.82, 2.24) is 44.9 Å². The van der Waals surface area contributed by atoms with E-state index in [-0.39, 0.29) is 127 Å². The molecule has 0 aliphatic heterocycles. The normalized spacial score (nSPS) is 19.5. The second-order valence-corrected chi connectivity index (χ2v) is 44.3. The van der Waals surface area contributed by atoms with E-state index in [9.17, 15) is 2.74 Å². The zero-order valence-corrected chi connectivity index (χ0v) is 94.5. The first kappa shape index (κ1) is 80.0. The Balaban J connectivity index is 0.000000162. The van der Waals surface area contributed by atoms with Gasteiger partial charge in [0, 0.05) is 169 Å². The molecule has 4 aliphatic rings. The van der Waals surface area contributed by atoms with Crippen molar-refractivity contribution in [1.29, 1.82) is 0 Å². The molecule has 0 bridgehead atoms. The Bertz CT molecular complexity index is 8560. The Kier molecular flexibility index (Phi) is 25.8. The van der Waals surface area contributed by atoms with E-state index in [2.05, 4.69) is 140 Å². The fraction of sp³-hybridized carbons (Fsp3) is 0.391. The van der Waals surface area contributed by atoms with Gasteiger partial charge >= 0.3 is 0 Å². The van der Waals surface area contributed by atoms with Crippen LogP contribution in [-0.2, 0) is 85.8 Å². The first-order valence-corrected chi connectivity index (χ1v) is 50.3. The van der Waals surface area contributed by atoms with Gasteiger partial charge in [0.2, 0.25) is 17.1 Å². The standard InChI is InChI=1S/C28H29N2O.C27H29N2O.C24H23N2O.3C18H22N.3Ir/c1-19-8-9-23-22-6-5-7-24(26(22)31-27(23)30-19)25-18-21(12-17-29-25)20-10-15-28(16-11-20)13-3-2-4-14-28;1-17-9-10-21-20-7-6-8-22(24(20)30-25(21)29-17)23-13-18(11-12-28-23)19-14-26(2,3)16-27(4,5)15-19;1-16-8-9-19-18-6-5-7-20(22(18)27-23(19)26-16)21-14-17(10-13-25-21)15-24(2)11-3-4-12-24;3*1-13-6-8-15(9-7-13)17-10-16(11-18(3,4)5)14(2)12-19-17;;;/h5-6,8-9,12,17-18,20H,2-4,10-11,13-16H2,1H3;6-7,9-13,19H,14-16H2,1-5H3;5-6,8-10,13-14H,3-4,11-12,15H2,1-2H3;3*6-8,10,12H,11H2,1-5H3;;;/q6*-1;;;/i20D;19D;15D2;3*1D3,2D3,11D2;;;. The summed E-state index contributed by atoms with van der Waals surface area (Å²) in [5.41, 5.74) is 14.8. The average molecular weight is 2520 g/mol. The fourth-order valence-corrected chi connectivity index (χ4v) is 20.7. The largest absolute Gasteiger partial charge is 0.486 e. The predicted molar refractivity (Wildman–Crippen MR) is 600 cm³/mol. The topological polar surface area (TPSA) is 155 Å². The van der Waals surface area contributed by atoms with E-state index in [0.717, 1.165) is 158 Å². The van der Waals surface area contributed by atoms with Gasteiger partial charge in [-0.25, -0.2) is 15.0 Å². The molecule has 22 rings (SSSR count). The molecule has 0 amide bonds. The molecule has 18 aromatic rings. The number of nitrogens with zero attached hydrogens (tertiary/aromatic N) is 9. The Morgan fingerprint density at radius 3 is 1.06 bits per heavy atom. The maximum absolute atomic E-state index is 9.43. The number of hydrogen-bond donors (Lipinski definition) is 0. The summed E-state index contributed by atoms with van der Waals surface area (Å²) < 4.78 is 242. The van der Waals surface area contributed by atoms with Crippen molar-refractivity contribution in [2.75, 3.05) is 0 Å². The molecule has 0 N–H and O–H groups in total. The van der Waals surface area contributed by atoms with Gasteiger partial charge in [0.1, 0.15) is 0 Å². The van der Waals surface area contributed by atoms with Crippen LogP contribution < -0.4 is 0 Å². The number of hydrogen-bond acceptors (Lipinski definition) is 12. The summed E-state index contributed by atoms with van der Waals surface area (Å²) in [5.74, 6) is -1.16. The average Bonchev–Trinajstić information content (AvgIpc) is 1.71. The van der Waals surface area contributed by atoms with E-state index in [0.29, 0.717) is 73.2 Å². The van der Waals surface area contributed by atoms with Crippen LogP contribution in [-0.4, -0.2) is 44.9 Å². The molecule has 12 nitrogen and oxygen atoms in total. The van der Waals surface area contributed by atoms with E-state index in [4.69, 9.17) is 48.9 Å². The van der Waals surface area contributed by atoms with Gasteiger partial charge in [-0.15, -0.1) is 161 Å². The van der Waals surface area contributed by atoms with Crippen molar-refractivity contribution in [2.45, 2.75) is 299 Å². The van der Waals surface area contributed by atoms with E-state index in [1.807, 2.05) is 112 Å². The molecule has 6 aromatic carbocycles. The van der Waals surface area contributed by atoms with Gasteiger partial charge in [-0.05, 0) is 293 Å². The third-order valence-electron chi connectivity index (χ3n) is 27.0. The molecular weight excluding hydrogens is 2350 g/mol. The van der Waals surface area contributed by atoms with Gasteiger partial charge in [-0.1, -0.05) is 252 Å². The van der Waals surface area contributed by atoms with Crippen LogP contribution in [0, 0.1) is 136 Å². The van der Waals surface area contributed by atoms with Crippen molar-refractivity contribution < 1.29 is 112 Å². The Morgan fingerprint density at radius 1 is 0.365 bits per heavy atom. The first-order valence-electron chi connectivity index (χ1n) is 64.3. The van der Waals surface area contributed by atoms with Gasteiger partial charge in [0.05, 0.1) is 16.7 Å². The van der Waals surface area contributed by atoms with Crippen LogP contribution in [0.3, 0.4) is 0 Å². The van der Waals surface area contributed by atoms with E-state index in [1.54, 1.807) is 74.6 Å². The molecule has 12 heterocycles. The van der Waals surface area contributed by atoms with E-state index in [1.165, 1.54) is 136 Å². The summed E-state index contributed by atoms with van der Waals surface area (Å²) >= 11 is 0. The van der Waals surface area contributed by atoms with Gasteiger partial charge < -0.3 is 43.2 Å². The minimum Gasteiger partial charge on any atom is -0.486 e. The first-order chi connectivity index (χ1) is 80.1. The van der Waals surface area contributed by atoms with Crippen LogP contribution in [0.15, 0.2) is 232 Å². The summed E-state index contributed by atoms with van der Waals surface area (Å²) in [6.07, 6.45) is 19.6. The number of aryl methyl sites for hydroxylation is 9. The van der Waals surface area contributed by atoms with Crippen molar-refractivity contribution in [3.8, 4) is 67.5 Å². The maximum atomic E-state index is 9.43. The Labute approximate surface area is 960 Å². The molecule has 148 heavy (non-hydrogen) atoms. The summed E-state index contributed by atoms with van der Waals surface area (Å²) in [7, 11) is 0. The number of rotatable bonds is 13. The van der Waals surface area contributed by atoms with Crippen LogP contribution in [0.1, 0.15) is 334 Å². The fourth-order valence-electron chi connectivity index (χ4n) is 20.7. The number of benzene rings is 6. The molecule has 15 heteroatoms. The zero-order valence-electron chi connectivity index (χ0n) is 115. The van der Waals surface area contributed by atoms with Crippen molar-refractivity contribution in [3.05, 3.63) is 339 Å². The summed E-state index contributed by atoms with van der Waals surface area (Å²) in [4.78, 5) is 40.0. The molecule has 3 radical (unpaired) electrons. The van der Waals surface area contributed by atoms with Gasteiger partial charge in [-0.3, -0.25) is 0 Å².